The first-order valence-corrected chi connectivity index (χ1v) is 5.63. The SMILES string of the molecule is Cc1cccc(C(N)=Nc2ccccc2C)c1.Cl. The van der Waals surface area contributed by atoms with Crippen LogP contribution in [-0.4, -0.2) is 5.84 Å². The monoisotopic (exact) mass is 260 g/mol. The van der Waals surface area contributed by atoms with Crippen molar-refractivity contribution in [1.82, 2.24) is 0 Å². The number of nitrogens with two attached hydrogens (primary N) is 1. The molecule has 0 aliphatic rings. The number of hydrogen-bond acceptors (Lipinski definition) is 1. The van der Waals surface area contributed by atoms with Crippen molar-refractivity contribution in [2.45, 2.75) is 13.8 Å². The molecule has 2 aromatic carbocycles. The summed E-state index contributed by atoms with van der Waals surface area (Å²) >= 11 is 0. The molecule has 3 heteroatoms. The first-order valence-electron chi connectivity index (χ1n) is 5.63. The van der Waals surface area contributed by atoms with Crippen LogP contribution in [0.25, 0.3) is 0 Å². The summed E-state index contributed by atoms with van der Waals surface area (Å²) in [5.74, 6) is 0.558. The van der Waals surface area contributed by atoms with Gasteiger partial charge in [0.25, 0.3) is 0 Å². The van der Waals surface area contributed by atoms with Crippen LogP contribution in [0.4, 0.5) is 5.69 Å². The molecule has 0 fully saturated rings. The number of amidine groups is 1. The summed E-state index contributed by atoms with van der Waals surface area (Å²) in [4.78, 5) is 4.46. The fourth-order valence-corrected chi connectivity index (χ4v) is 1.69. The molecule has 0 aliphatic heterocycles. The zero-order chi connectivity index (χ0) is 12.3. The van der Waals surface area contributed by atoms with Crippen molar-refractivity contribution in [3.8, 4) is 0 Å². The fourth-order valence-electron chi connectivity index (χ4n) is 1.69. The van der Waals surface area contributed by atoms with E-state index in [4.69, 9.17) is 5.73 Å². The van der Waals surface area contributed by atoms with Crippen LogP contribution < -0.4 is 5.73 Å². The van der Waals surface area contributed by atoms with Gasteiger partial charge < -0.3 is 5.73 Å². The van der Waals surface area contributed by atoms with E-state index < -0.39 is 0 Å². The highest BCUT2D eigenvalue weighted by atomic mass is 35.5. The molecule has 2 N–H and O–H groups in total. The Bertz CT molecular complexity index is 562. The summed E-state index contributed by atoms with van der Waals surface area (Å²) in [5, 5.41) is 0. The first-order chi connectivity index (χ1) is 8.16. The molecular formula is C15H17ClN2. The van der Waals surface area contributed by atoms with Crippen molar-refractivity contribution in [2.24, 2.45) is 10.7 Å². The average Bonchev–Trinajstić information content (AvgIpc) is 2.32. The summed E-state index contributed by atoms with van der Waals surface area (Å²) in [6, 6.07) is 16.0. The third kappa shape index (κ3) is 3.34. The van der Waals surface area contributed by atoms with E-state index >= 15 is 0 Å². The van der Waals surface area contributed by atoms with Crippen molar-refractivity contribution < 1.29 is 0 Å². The van der Waals surface area contributed by atoms with Crippen molar-refractivity contribution in [3.05, 3.63) is 65.2 Å². The van der Waals surface area contributed by atoms with Gasteiger partial charge in [-0.3, -0.25) is 0 Å². The molecule has 2 rings (SSSR count). The van der Waals surface area contributed by atoms with E-state index in [1.54, 1.807) is 0 Å². The zero-order valence-electron chi connectivity index (χ0n) is 10.6. The van der Waals surface area contributed by atoms with E-state index in [0.29, 0.717) is 5.84 Å². The van der Waals surface area contributed by atoms with Gasteiger partial charge in [0.1, 0.15) is 5.84 Å². The Morgan fingerprint density at radius 1 is 1.00 bits per heavy atom. The molecule has 0 amide bonds. The average molecular weight is 261 g/mol. The van der Waals surface area contributed by atoms with Crippen LogP contribution in [0.5, 0.6) is 0 Å². The lowest BCUT2D eigenvalue weighted by Gasteiger charge is -2.04. The summed E-state index contributed by atoms with van der Waals surface area (Å²) in [6.07, 6.45) is 0. The largest absolute Gasteiger partial charge is 0.383 e. The normalized spacial score (nSPS) is 10.9. The van der Waals surface area contributed by atoms with Crippen LogP contribution in [0.15, 0.2) is 53.5 Å². The molecule has 0 saturated carbocycles. The Labute approximate surface area is 114 Å². The second-order valence-corrected chi connectivity index (χ2v) is 4.15. The molecule has 0 unspecified atom stereocenters. The van der Waals surface area contributed by atoms with E-state index in [-0.39, 0.29) is 12.4 Å². The Morgan fingerprint density at radius 3 is 2.39 bits per heavy atom. The topological polar surface area (TPSA) is 38.4 Å². The molecule has 0 radical (unpaired) electrons. The molecule has 0 heterocycles. The Hall–Kier alpha value is -1.80. The van der Waals surface area contributed by atoms with Crippen LogP contribution in [0.3, 0.4) is 0 Å². The van der Waals surface area contributed by atoms with Gasteiger partial charge >= 0.3 is 0 Å². The lowest BCUT2D eigenvalue weighted by molar-refractivity contribution is 1.37. The number of hydrogen-bond donors (Lipinski definition) is 1. The Balaban J connectivity index is 0.00000162. The molecule has 0 atom stereocenters. The summed E-state index contributed by atoms with van der Waals surface area (Å²) in [5.41, 5.74) is 10.2. The van der Waals surface area contributed by atoms with Gasteiger partial charge in [0.05, 0.1) is 5.69 Å². The molecule has 0 aromatic heterocycles. The lowest BCUT2D eigenvalue weighted by Crippen LogP contribution is -2.12. The van der Waals surface area contributed by atoms with Crippen molar-refractivity contribution in [1.29, 1.82) is 0 Å². The smallest absolute Gasteiger partial charge is 0.131 e. The van der Waals surface area contributed by atoms with Crippen LogP contribution in [0, 0.1) is 13.8 Å². The quantitative estimate of drug-likeness (QED) is 0.648. The van der Waals surface area contributed by atoms with E-state index in [0.717, 1.165) is 16.8 Å². The molecule has 2 nitrogen and oxygen atoms in total. The number of rotatable bonds is 2. The molecule has 0 spiro atoms. The van der Waals surface area contributed by atoms with Gasteiger partial charge in [0.2, 0.25) is 0 Å². The fraction of sp³-hybridized carbons (Fsp3) is 0.133. The highest BCUT2D eigenvalue weighted by Crippen LogP contribution is 2.18. The molecule has 0 bridgehead atoms. The van der Waals surface area contributed by atoms with E-state index in [2.05, 4.69) is 4.99 Å². The Kier molecular flexibility index (Phi) is 4.93. The second kappa shape index (κ2) is 6.22. The van der Waals surface area contributed by atoms with E-state index in [9.17, 15) is 0 Å². The van der Waals surface area contributed by atoms with Crippen molar-refractivity contribution in [2.75, 3.05) is 0 Å². The number of benzene rings is 2. The van der Waals surface area contributed by atoms with Crippen molar-refractivity contribution >= 4 is 23.9 Å². The highest BCUT2D eigenvalue weighted by Gasteiger charge is 2.00. The van der Waals surface area contributed by atoms with Crippen LogP contribution >= 0.6 is 12.4 Å². The van der Waals surface area contributed by atoms with E-state index in [1.807, 2.05) is 62.4 Å². The van der Waals surface area contributed by atoms with Crippen LogP contribution in [0.2, 0.25) is 0 Å². The van der Waals surface area contributed by atoms with Gasteiger partial charge in [-0.1, -0.05) is 42.0 Å². The molecule has 0 saturated heterocycles. The van der Waals surface area contributed by atoms with Crippen molar-refractivity contribution in [3.63, 3.8) is 0 Å². The number of halogens is 1. The van der Waals surface area contributed by atoms with Crippen LogP contribution in [-0.2, 0) is 0 Å². The van der Waals surface area contributed by atoms with Gasteiger partial charge in [-0.2, -0.15) is 0 Å². The second-order valence-electron chi connectivity index (χ2n) is 4.15. The third-order valence-corrected chi connectivity index (χ3v) is 2.67. The number of aryl methyl sites for hydroxylation is 2. The molecule has 94 valence electrons. The van der Waals surface area contributed by atoms with Gasteiger partial charge in [0, 0.05) is 5.56 Å². The molecule has 18 heavy (non-hydrogen) atoms. The minimum atomic E-state index is 0. The minimum absolute atomic E-state index is 0. The Morgan fingerprint density at radius 2 is 1.72 bits per heavy atom. The number of aliphatic imine (C=N–C) groups is 1. The maximum Gasteiger partial charge on any atom is 0.131 e. The van der Waals surface area contributed by atoms with Gasteiger partial charge in [-0.15, -0.1) is 12.4 Å². The summed E-state index contributed by atoms with van der Waals surface area (Å²) in [6.45, 7) is 4.08. The maximum atomic E-state index is 6.01. The summed E-state index contributed by atoms with van der Waals surface area (Å²) < 4.78 is 0. The minimum Gasteiger partial charge on any atom is -0.383 e. The summed E-state index contributed by atoms with van der Waals surface area (Å²) in [7, 11) is 0. The highest BCUT2D eigenvalue weighted by molar-refractivity contribution is 5.99. The first kappa shape index (κ1) is 14.3. The van der Waals surface area contributed by atoms with Gasteiger partial charge in [0.15, 0.2) is 0 Å². The maximum absolute atomic E-state index is 6.01. The predicted octanol–water partition coefficient (Wildman–Crippen LogP) is 3.76. The zero-order valence-corrected chi connectivity index (χ0v) is 11.4. The standard InChI is InChI=1S/C15H16N2.ClH/c1-11-6-5-8-13(10-11)15(16)17-14-9-4-3-7-12(14)2;/h3-10H,1-2H3,(H2,16,17);1H. The van der Waals surface area contributed by atoms with E-state index in [1.165, 1.54) is 5.56 Å². The predicted molar refractivity (Wildman–Crippen MR) is 80.0 cm³/mol. The molecular weight excluding hydrogens is 244 g/mol. The molecule has 2 aromatic rings. The third-order valence-electron chi connectivity index (χ3n) is 2.67. The molecule has 0 aliphatic carbocycles. The lowest BCUT2D eigenvalue weighted by atomic mass is 10.1. The number of para-hydroxylation sites is 1. The van der Waals surface area contributed by atoms with Crippen LogP contribution in [0.1, 0.15) is 16.7 Å². The number of nitrogens with zero attached hydrogens (tertiary/aromatic N) is 1. The van der Waals surface area contributed by atoms with Gasteiger partial charge in [-0.05, 0) is 31.5 Å². The van der Waals surface area contributed by atoms with Gasteiger partial charge in [-0.25, -0.2) is 4.99 Å².